The number of carbonyl (C=O) groups is 6. The van der Waals surface area contributed by atoms with Crippen LogP contribution in [0.2, 0.25) is 0 Å². The Morgan fingerprint density at radius 1 is 0.800 bits per heavy atom. The van der Waals surface area contributed by atoms with E-state index in [2.05, 4.69) is 20.5 Å². The summed E-state index contributed by atoms with van der Waals surface area (Å²) in [5, 5.41) is 5.97. The Hall–Kier alpha value is -6.03. The van der Waals surface area contributed by atoms with E-state index in [9.17, 15) is 28.8 Å². The molecule has 3 aromatic rings. The number of benzene rings is 2. The molecule has 16 nitrogen and oxygen atoms in total. The van der Waals surface area contributed by atoms with Gasteiger partial charge < -0.3 is 39.7 Å². The molecule has 1 spiro atoms. The Labute approximate surface area is 382 Å². The SMILES string of the molecule is CN(Cc1ccccc1CN(CC(=O)Nc1ccc2c(c1)C[C@@]1(C2)C(=O)Nc2ncccc21)C(=O)C1(C)CCN(CC(=O)N2CCN(C(=O)OC(C)(C)C)CC2)CC1)C(=O)OC(C)(C)C. The summed E-state index contributed by atoms with van der Waals surface area (Å²) in [4.78, 5) is 94.2. The normalized spacial score (nSPS) is 19.2. The number of ether oxygens (including phenoxy) is 2. The summed E-state index contributed by atoms with van der Waals surface area (Å²) in [6, 6.07) is 17.0. The summed E-state index contributed by atoms with van der Waals surface area (Å²) in [7, 11) is 1.66. The van der Waals surface area contributed by atoms with Crippen LogP contribution in [-0.4, -0.2) is 136 Å². The van der Waals surface area contributed by atoms with Crippen molar-refractivity contribution in [3.05, 3.63) is 88.6 Å². The molecule has 1 atom stereocenters. The van der Waals surface area contributed by atoms with Crippen molar-refractivity contribution in [1.29, 1.82) is 0 Å². The first-order valence-electron chi connectivity index (χ1n) is 22.6. The predicted molar refractivity (Wildman–Crippen MR) is 245 cm³/mol. The second-order valence-corrected chi connectivity index (χ2v) is 20.3. The Morgan fingerprint density at radius 2 is 1.43 bits per heavy atom. The number of likely N-dealkylation sites (tertiary alicyclic amines) is 1. The number of fused-ring (bicyclic) bond motifs is 3. The molecule has 0 bridgehead atoms. The first kappa shape index (κ1) is 46.9. The van der Waals surface area contributed by atoms with Crippen molar-refractivity contribution in [3.63, 3.8) is 0 Å². The van der Waals surface area contributed by atoms with Gasteiger partial charge in [0, 0.05) is 69.2 Å². The van der Waals surface area contributed by atoms with E-state index in [1.807, 2.05) is 103 Å². The van der Waals surface area contributed by atoms with E-state index in [0.29, 0.717) is 76.5 Å². The van der Waals surface area contributed by atoms with E-state index in [-0.39, 0.29) is 55.9 Å². The average Bonchev–Trinajstić information content (AvgIpc) is 3.76. The summed E-state index contributed by atoms with van der Waals surface area (Å²) in [6.07, 6.45) is 2.77. The zero-order chi connectivity index (χ0) is 46.9. The molecule has 1 aromatic heterocycles. The van der Waals surface area contributed by atoms with E-state index in [0.717, 1.165) is 27.8 Å². The van der Waals surface area contributed by atoms with Crippen LogP contribution in [0.3, 0.4) is 0 Å². The molecule has 0 unspecified atom stereocenters. The van der Waals surface area contributed by atoms with Gasteiger partial charge in [-0.05, 0) is 121 Å². The Balaban J connectivity index is 1.03. The van der Waals surface area contributed by atoms with Crippen molar-refractivity contribution in [2.75, 3.05) is 70.0 Å². The number of pyridine rings is 1. The van der Waals surface area contributed by atoms with E-state index in [1.165, 1.54) is 4.90 Å². The van der Waals surface area contributed by atoms with Gasteiger partial charge in [0.15, 0.2) is 0 Å². The van der Waals surface area contributed by atoms with E-state index in [1.54, 1.807) is 27.9 Å². The van der Waals surface area contributed by atoms with Crippen molar-refractivity contribution >= 4 is 47.3 Å². The highest BCUT2D eigenvalue weighted by atomic mass is 16.6. The van der Waals surface area contributed by atoms with Crippen molar-refractivity contribution in [1.82, 2.24) is 29.5 Å². The maximum absolute atomic E-state index is 14.9. The zero-order valence-corrected chi connectivity index (χ0v) is 39.1. The molecule has 4 heterocycles. The lowest BCUT2D eigenvalue weighted by Gasteiger charge is -2.42. The quantitative estimate of drug-likeness (QED) is 0.262. The number of carbonyl (C=O) groups excluding carboxylic acids is 6. The number of nitrogens with one attached hydrogen (secondary N) is 2. The van der Waals surface area contributed by atoms with E-state index < -0.39 is 28.1 Å². The lowest BCUT2D eigenvalue weighted by molar-refractivity contribution is -0.147. The Bertz CT molecular complexity index is 2320. The van der Waals surface area contributed by atoms with Gasteiger partial charge in [0.1, 0.15) is 23.6 Å². The number of piperazine rings is 1. The van der Waals surface area contributed by atoms with Crippen molar-refractivity contribution in [2.45, 2.75) is 104 Å². The van der Waals surface area contributed by atoms with Crippen LogP contribution in [-0.2, 0) is 60.0 Å². The summed E-state index contributed by atoms with van der Waals surface area (Å²) < 4.78 is 11.1. The van der Waals surface area contributed by atoms with Crippen LogP contribution in [0.1, 0.15) is 89.1 Å². The second-order valence-electron chi connectivity index (χ2n) is 20.3. The molecule has 0 radical (unpaired) electrons. The van der Waals surface area contributed by atoms with E-state index in [4.69, 9.17) is 9.47 Å². The lowest BCUT2D eigenvalue weighted by atomic mass is 9.78. The minimum Gasteiger partial charge on any atom is -0.444 e. The average molecular weight is 893 g/mol. The largest absolute Gasteiger partial charge is 0.444 e. The van der Waals surface area contributed by atoms with Crippen LogP contribution in [0.4, 0.5) is 21.1 Å². The van der Waals surface area contributed by atoms with Crippen LogP contribution < -0.4 is 10.6 Å². The number of rotatable bonds is 10. The smallest absolute Gasteiger partial charge is 0.410 e. The molecule has 4 aliphatic rings. The summed E-state index contributed by atoms with van der Waals surface area (Å²) in [5.74, 6) is -0.0732. The third-order valence-corrected chi connectivity index (χ3v) is 12.8. The molecular weight excluding hydrogens is 829 g/mol. The molecule has 0 saturated carbocycles. The number of hydrogen-bond donors (Lipinski definition) is 2. The third kappa shape index (κ3) is 10.9. The number of anilines is 2. The minimum absolute atomic E-state index is 0.0231. The molecule has 16 heteroatoms. The lowest BCUT2D eigenvalue weighted by Crippen LogP contribution is -2.55. The Morgan fingerprint density at radius 3 is 2.09 bits per heavy atom. The first-order chi connectivity index (χ1) is 30.6. The Kier molecular flexibility index (Phi) is 13.3. The topological polar surface area (TPSA) is 174 Å². The molecule has 1 aliphatic carbocycles. The van der Waals surface area contributed by atoms with Crippen LogP contribution in [0, 0.1) is 5.41 Å². The van der Waals surface area contributed by atoms with Crippen molar-refractivity contribution in [2.24, 2.45) is 5.41 Å². The highest BCUT2D eigenvalue weighted by molar-refractivity contribution is 6.06. The monoisotopic (exact) mass is 892 g/mol. The van der Waals surface area contributed by atoms with Crippen LogP contribution in [0.15, 0.2) is 60.8 Å². The molecule has 3 aliphatic heterocycles. The maximum Gasteiger partial charge on any atom is 0.410 e. The maximum atomic E-state index is 14.9. The second kappa shape index (κ2) is 18.5. The molecular formula is C49H64N8O8. The summed E-state index contributed by atoms with van der Waals surface area (Å²) in [6.45, 7) is 15.8. The molecule has 7 rings (SSSR count). The molecule has 6 amide bonds. The molecule has 2 saturated heterocycles. The van der Waals surface area contributed by atoms with Gasteiger partial charge >= 0.3 is 12.2 Å². The van der Waals surface area contributed by atoms with E-state index >= 15 is 0 Å². The minimum atomic E-state index is -0.823. The highest BCUT2D eigenvalue weighted by Gasteiger charge is 2.51. The molecule has 65 heavy (non-hydrogen) atoms. The number of nitrogens with zero attached hydrogens (tertiary/aromatic N) is 6. The molecule has 2 N–H and O–H groups in total. The fourth-order valence-corrected chi connectivity index (χ4v) is 9.21. The predicted octanol–water partition coefficient (Wildman–Crippen LogP) is 5.59. The van der Waals surface area contributed by atoms with Gasteiger partial charge in [-0.3, -0.25) is 24.1 Å². The highest BCUT2D eigenvalue weighted by Crippen LogP contribution is 2.47. The third-order valence-electron chi connectivity index (χ3n) is 12.8. The van der Waals surface area contributed by atoms with Gasteiger partial charge in [0.25, 0.3) is 0 Å². The zero-order valence-electron chi connectivity index (χ0n) is 39.1. The van der Waals surface area contributed by atoms with Gasteiger partial charge in [0.2, 0.25) is 23.6 Å². The number of aromatic nitrogens is 1. The van der Waals surface area contributed by atoms with Crippen LogP contribution in [0.25, 0.3) is 0 Å². The molecule has 348 valence electrons. The van der Waals surface area contributed by atoms with Crippen molar-refractivity contribution < 1.29 is 38.2 Å². The van der Waals surface area contributed by atoms with Gasteiger partial charge in [-0.1, -0.05) is 43.3 Å². The fraction of sp³-hybridized carbons (Fsp3) is 0.531. The molecule has 2 aromatic carbocycles. The number of piperidine rings is 1. The standard InChI is InChI=1S/C49H64N8O8/c1-46(2,3)64-44(62)53(8)29-34-12-9-10-13-35(34)30-57(31-39(58)51-37-16-15-33-27-49(28-36(33)26-37)38-14-11-19-50-41(38)52-42(49)60)43(61)48(7)17-20-54(21-18-48)32-40(59)55-22-24-56(25-23-55)45(63)65-47(4,5)6/h9-16,19,26H,17-18,20-25,27-32H2,1-8H3,(H,51,58)(H,50,52,60)/t49-/m1/s1. The summed E-state index contributed by atoms with van der Waals surface area (Å²) >= 11 is 0. The van der Waals surface area contributed by atoms with Crippen LogP contribution >= 0.6 is 0 Å². The number of amides is 6. The van der Waals surface area contributed by atoms with Gasteiger partial charge in [0.05, 0.1) is 12.0 Å². The van der Waals surface area contributed by atoms with Crippen LogP contribution in [0.5, 0.6) is 0 Å². The van der Waals surface area contributed by atoms with Crippen molar-refractivity contribution in [3.8, 4) is 0 Å². The summed E-state index contributed by atoms with van der Waals surface area (Å²) in [5.41, 5.74) is 2.19. The van der Waals surface area contributed by atoms with Gasteiger partial charge in [-0.25, -0.2) is 14.6 Å². The first-order valence-corrected chi connectivity index (χ1v) is 22.6. The fourth-order valence-electron chi connectivity index (χ4n) is 9.21. The van der Waals surface area contributed by atoms with Gasteiger partial charge in [-0.2, -0.15) is 0 Å². The number of hydrogen-bond acceptors (Lipinski definition) is 10. The molecule has 2 fully saturated rings. The van der Waals surface area contributed by atoms with Gasteiger partial charge in [-0.15, -0.1) is 0 Å².